The van der Waals surface area contributed by atoms with E-state index in [9.17, 15) is 9.90 Å². The van der Waals surface area contributed by atoms with Gasteiger partial charge in [0.25, 0.3) is 0 Å². The van der Waals surface area contributed by atoms with Gasteiger partial charge in [-0.05, 0) is 49.9 Å². The Hall–Kier alpha value is -3.16. The van der Waals surface area contributed by atoms with Crippen molar-refractivity contribution in [2.45, 2.75) is 53.4 Å². The van der Waals surface area contributed by atoms with Crippen LogP contribution in [0.5, 0.6) is 11.5 Å². The van der Waals surface area contributed by atoms with E-state index in [0.717, 1.165) is 42.7 Å². The Morgan fingerprint density at radius 1 is 0.816 bits per heavy atom. The average molecular weight is 698 g/mol. The Balaban J connectivity index is 0.000000401. The number of aliphatic hydroxyl groups is 1. The molecule has 0 saturated carbocycles. The van der Waals surface area contributed by atoms with E-state index in [1.54, 1.807) is 20.3 Å². The van der Waals surface area contributed by atoms with Crippen molar-refractivity contribution in [3.8, 4) is 34.3 Å². The molecule has 0 amide bonds. The number of ether oxygens (including phenoxy) is 2. The van der Waals surface area contributed by atoms with Crippen molar-refractivity contribution in [1.82, 2.24) is 20.4 Å². The van der Waals surface area contributed by atoms with Crippen molar-refractivity contribution in [3.63, 3.8) is 0 Å². The number of aromatic nitrogens is 4. The van der Waals surface area contributed by atoms with E-state index in [1.165, 1.54) is 6.08 Å². The van der Waals surface area contributed by atoms with Crippen LogP contribution in [0.2, 0.25) is 0 Å². The van der Waals surface area contributed by atoms with E-state index < -0.39 is 0 Å². The van der Waals surface area contributed by atoms with Crippen molar-refractivity contribution < 1.29 is 39.5 Å². The summed E-state index contributed by atoms with van der Waals surface area (Å²) in [6, 6.07) is 15.8. The van der Waals surface area contributed by atoms with Gasteiger partial charge in [0.05, 0.1) is 20.0 Å². The molecule has 3 aromatic rings. The molecule has 1 N–H and O–H groups in total. The van der Waals surface area contributed by atoms with E-state index in [0.29, 0.717) is 17.2 Å². The number of benzene rings is 2. The number of allylic oxidation sites excluding steroid dienone is 2. The molecule has 2 aromatic carbocycles. The molecule has 0 aliphatic carbocycles. The van der Waals surface area contributed by atoms with Crippen LogP contribution in [0, 0.1) is 17.9 Å². The Bertz CT molecular complexity index is 1050. The van der Waals surface area contributed by atoms with Gasteiger partial charge in [-0.3, -0.25) is 4.79 Å². The number of methoxy groups -OCH3 is 2. The van der Waals surface area contributed by atoms with Crippen LogP contribution in [-0.2, 0) is 24.9 Å². The van der Waals surface area contributed by atoms with Crippen LogP contribution in [0.4, 0.5) is 0 Å². The Morgan fingerprint density at radius 3 is 1.76 bits per heavy atom. The van der Waals surface area contributed by atoms with Gasteiger partial charge in [0.2, 0.25) is 5.82 Å². The van der Waals surface area contributed by atoms with Crippen LogP contribution in [0.3, 0.4) is 0 Å². The molecule has 1 aromatic heterocycles. The number of carbonyl (C=O) groups is 1. The van der Waals surface area contributed by atoms with Crippen LogP contribution >= 0.6 is 0 Å². The zero-order valence-electron chi connectivity index (χ0n) is 22.9. The summed E-state index contributed by atoms with van der Waals surface area (Å²) in [6.07, 6.45) is 4.91. The largest absolute Gasteiger partial charge is 0.540 e. The maximum Gasteiger partial charge on any atom is 0.201 e. The number of rotatable bonds is 11. The monoisotopic (exact) mass is 698 g/mol. The first-order valence-electron chi connectivity index (χ1n) is 12.6. The second kappa shape index (κ2) is 17.4. The van der Waals surface area contributed by atoms with Crippen molar-refractivity contribution in [3.05, 3.63) is 60.4 Å². The summed E-state index contributed by atoms with van der Waals surface area (Å²) >= 11 is 0. The maximum atomic E-state index is 11.7. The SMILES string of the molecule is CCC(CC)C(=O)/C=C(\O)C(CC)CC.COc1c[c-]c(-c2nnc(-c3ccc(OC)cc3)nn2)cc1.[Ir]. The molecule has 9 heteroatoms. The Morgan fingerprint density at radius 2 is 1.32 bits per heavy atom. The van der Waals surface area contributed by atoms with Crippen molar-refractivity contribution in [2.24, 2.45) is 11.8 Å². The minimum Gasteiger partial charge on any atom is -0.540 e. The van der Waals surface area contributed by atoms with E-state index in [1.807, 2.05) is 64.1 Å². The number of ketones is 1. The van der Waals surface area contributed by atoms with Crippen molar-refractivity contribution in [2.75, 3.05) is 14.2 Å². The van der Waals surface area contributed by atoms with Crippen LogP contribution in [0.1, 0.15) is 53.4 Å². The fourth-order valence-electron chi connectivity index (χ4n) is 3.65. The topological polar surface area (TPSA) is 107 Å². The molecule has 0 atom stereocenters. The first kappa shape index (κ1) is 32.9. The predicted molar refractivity (Wildman–Crippen MR) is 144 cm³/mol. The van der Waals surface area contributed by atoms with Gasteiger partial charge in [0.15, 0.2) is 5.78 Å². The maximum absolute atomic E-state index is 11.7. The van der Waals surface area contributed by atoms with Gasteiger partial charge in [-0.15, -0.1) is 40.0 Å². The van der Waals surface area contributed by atoms with E-state index in [2.05, 4.69) is 26.5 Å². The fourth-order valence-corrected chi connectivity index (χ4v) is 3.65. The molecule has 38 heavy (non-hydrogen) atoms. The van der Waals surface area contributed by atoms with Crippen molar-refractivity contribution in [1.29, 1.82) is 0 Å². The number of carbonyl (C=O) groups excluding carboxylic acids is 1. The summed E-state index contributed by atoms with van der Waals surface area (Å²) in [4.78, 5) is 11.7. The summed E-state index contributed by atoms with van der Waals surface area (Å²) in [7, 11) is 3.22. The second-order valence-corrected chi connectivity index (χ2v) is 8.42. The predicted octanol–water partition coefficient (Wildman–Crippen LogP) is 6.29. The van der Waals surface area contributed by atoms with Crippen LogP contribution in [-0.4, -0.2) is 45.5 Å². The standard InChI is InChI=1S/C16H13N4O2.C13H24O2.Ir/c1-21-13-7-3-11(4-8-13)15-17-19-16(20-18-15)12-5-9-14(22-2)10-6-12;1-5-10(6-2)12(14)9-13(15)11(7-3)8-4;/h3-5,7-10H,1-2H3;9-11,14H,5-8H2,1-4H3;/q-1;;/b;12-9-;. The quantitative estimate of drug-likeness (QED) is 0.142. The van der Waals surface area contributed by atoms with E-state index in [4.69, 9.17) is 9.47 Å². The van der Waals surface area contributed by atoms with Crippen LogP contribution in [0.25, 0.3) is 22.8 Å². The molecule has 0 saturated heterocycles. The van der Waals surface area contributed by atoms with Crippen LogP contribution in [0.15, 0.2) is 54.3 Å². The van der Waals surface area contributed by atoms with E-state index in [-0.39, 0.29) is 43.5 Å². The number of hydrogen-bond acceptors (Lipinski definition) is 8. The molecule has 0 aliphatic heterocycles. The molecule has 0 fully saturated rings. The summed E-state index contributed by atoms with van der Waals surface area (Å²) < 4.78 is 10.2. The fraction of sp³-hybridized carbons (Fsp3) is 0.414. The Kier molecular flexibility index (Phi) is 15.0. The van der Waals surface area contributed by atoms with Gasteiger partial charge in [-0.25, -0.2) is 0 Å². The third-order valence-electron chi connectivity index (χ3n) is 6.17. The molecular weight excluding hydrogens is 661 g/mol. The van der Waals surface area contributed by atoms with Gasteiger partial charge >= 0.3 is 0 Å². The van der Waals surface area contributed by atoms with Gasteiger partial charge in [-0.1, -0.05) is 27.7 Å². The van der Waals surface area contributed by atoms with Crippen molar-refractivity contribution >= 4 is 5.78 Å². The van der Waals surface area contributed by atoms with Gasteiger partial charge in [0, 0.05) is 49.3 Å². The first-order valence-corrected chi connectivity index (χ1v) is 12.6. The molecule has 0 bridgehead atoms. The molecule has 207 valence electrons. The first-order chi connectivity index (χ1) is 17.9. The summed E-state index contributed by atoms with van der Waals surface area (Å²) in [5.41, 5.74) is 1.54. The molecular formula is C29H37IrN4O4-. The molecule has 1 radical (unpaired) electrons. The van der Waals surface area contributed by atoms with Gasteiger partial charge < -0.3 is 14.6 Å². The molecule has 3 rings (SSSR count). The van der Waals surface area contributed by atoms with E-state index >= 15 is 0 Å². The average Bonchev–Trinajstić information content (AvgIpc) is 2.95. The Labute approximate surface area is 239 Å². The minimum absolute atomic E-state index is 0. The number of hydrogen-bond donors (Lipinski definition) is 1. The second-order valence-electron chi connectivity index (χ2n) is 8.42. The van der Waals surface area contributed by atoms with Gasteiger partial charge in [-0.2, -0.15) is 10.2 Å². The zero-order valence-corrected chi connectivity index (χ0v) is 25.3. The summed E-state index contributed by atoms with van der Waals surface area (Å²) in [6.45, 7) is 8.07. The summed E-state index contributed by atoms with van der Waals surface area (Å²) in [5.74, 6) is 2.92. The third-order valence-corrected chi connectivity index (χ3v) is 6.17. The molecule has 0 spiro atoms. The third kappa shape index (κ3) is 9.62. The summed E-state index contributed by atoms with van der Waals surface area (Å²) in [5, 5.41) is 26.2. The van der Waals surface area contributed by atoms with Gasteiger partial charge in [0.1, 0.15) is 11.6 Å². The minimum atomic E-state index is 0. The number of aliphatic hydroxyl groups excluding tert-OH is 1. The smallest absolute Gasteiger partial charge is 0.201 e. The normalized spacial score (nSPS) is 10.9. The van der Waals surface area contributed by atoms with Crippen LogP contribution < -0.4 is 9.47 Å². The molecule has 1 heterocycles. The number of nitrogens with zero attached hydrogens (tertiary/aromatic N) is 4. The molecule has 0 unspecified atom stereocenters. The molecule has 8 nitrogen and oxygen atoms in total. The zero-order chi connectivity index (χ0) is 27.2. The molecule has 0 aliphatic rings.